The Morgan fingerprint density at radius 3 is 1.28 bits per heavy atom. The Hall–Kier alpha value is -1.28. The monoisotopic (exact) mass is 294 g/mol. The smallest absolute Gasteiger partial charge is 0.183 e. The number of nitrogen functional groups attached to an aromatic ring is 2. The molecule has 0 amide bonds. The first-order valence-corrected chi connectivity index (χ1v) is 5.42. The van der Waals surface area contributed by atoms with E-state index in [0.717, 1.165) is 0 Å². The van der Waals surface area contributed by atoms with Crippen LogP contribution in [0.5, 0.6) is 0 Å². The molecule has 96 valence electrons. The maximum atomic E-state index is 13.6. The molecule has 0 radical (unpaired) electrons. The molecule has 0 fully saturated rings. The summed E-state index contributed by atoms with van der Waals surface area (Å²) in [4.78, 5) is -0.501. The summed E-state index contributed by atoms with van der Waals surface area (Å²) >= 11 is 7.71. The summed E-state index contributed by atoms with van der Waals surface area (Å²) in [6.07, 6.45) is 0. The van der Waals surface area contributed by atoms with Crippen molar-refractivity contribution in [3.63, 3.8) is 0 Å². The fourth-order valence-corrected chi connectivity index (χ4v) is 2.33. The average Bonchev–Trinajstić information content (AvgIpc) is 2.35. The minimum atomic E-state index is -1.60. The number of benzene rings is 2. The third-order valence-electron chi connectivity index (χ3n) is 2.53. The minimum absolute atomic E-state index is 0.250. The van der Waals surface area contributed by atoms with E-state index in [1.165, 1.54) is 0 Å². The van der Waals surface area contributed by atoms with E-state index in [1.807, 2.05) is 0 Å². The van der Waals surface area contributed by atoms with Crippen molar-refractivity contribution in [2.45, 2.75) is 9.79 Å². The lowest BCUT2D eigenvalue weighted by Crippen LogP contribution is -2.04. The second-order valence-electron chi connectivity index (χ2n) is 3.53. The molecule has 0 aliphatic heterocycles. The van der Waals surface area contributed by atoms with Gasteiger partial charge in [-0.3, -0.25) is 0 Å². The maximum Gasteiger partial charge on any atom is 0.183 e. The van der Waals surface area contributed by atoms with Crippen molar-refractivity contribution in [3.8, 4) is 0 Å². The number of hydrogen-bond donors (Lipinski definition) is 4. The number of rotatable bonds is 0. The summed E-state index contributed by atoms with van der Waals surface area (Å²) < 4.78 is 54.0. The van der Waals surface area contributed by atoms with Crippen LogP contribution in [0.3, 0.4) is 0 Å². The Bertz CT molecular complexity index is 575. The largest absolute Gasteiger partial charge is 0.395 e. The third-order valence-corrected chi connectivity index (χ3v) is 3.46. The summed E-state index contributed by atoms with van der Waals surface area (Å²) in [6, 6.07) is 0. The molecule has 18 heavy (non-hydrogen) atoms. The van der Waals surface area contributed by atoms with Crippen LogP contribution in [0.2, 0.25) is 0 Å². The summed E-state index contributed by atoms with van der Waals surface area (Å²) in [5, 5.41) is -1.18. The Labute approximate surface area is 110 Å². The van der Waals surface area contributed by atoms with Crippen LogP contribution in [-0.2, 0) is 0 Å². The van der Waals surface area contributed by atoms with Gasteiger partial charge in [-0.05, 0) is 0 Å². The Morgan fingerprint density at radius 2 is 0.944 bits per heavy atom. The second-order valence-corrected chi connectivity index (χ2v) is 4.42. The van der Waals surface area contributed by atoms with Gasteiger partial charge in [-0.25, -0.2) is 17.6 Å². The quantitative estimate of drug-likeness (QED) is 0.343. The standard InChI is InChI=1S/C10H6F4N2S2/c11-3-1-2(9(17)7(15)5(3)13)10(18)8(16)6(14)4(1)12/h17-18H,15-16H2. The van der Waals surface area contributed by atoms with Crippen molar-refractivity contribution in [2.24, 2.45) is 0 Å². The van der Waals surface area contributed by atoms with Crippen LogP contribution in [0.25, 0.3) is 10.8 Å². The van der Waals surface area contributed by atoms with Gasteiger partial charge in [0, 0.05) is 15.2 Å². The first-order chi connectivity index (χ1) is 8.29. The summed E-state index contributed by atoms with van der Waals surface area (Å²) in [7, 11) is 0. The predicted octanol–water partition coefficient (Wildman–Crippen LogP) is 3.14. The van der Waals surface area contributed by atoms with Crippen molar-refractivity contribution in [2.75, 3.05) is 11.5 Å². The van der Waals surface area contributed by atoms with E-state index in [-0.39, 0.29) is 15.2 Å². The van der Waals surface area contributed by atoms with Crippen LogP contribution in [0.4, 0.5) is 28.9 Å². The van der Waals surface area contributed by atoms with Crippen molar-refractivity contribution < 1.29 is 17.6 Å². The zero-order valence-electron chi connectivity index (χ0n) is 8.56. The average molecular weight is 294 g/mol. The normalized spacial score (nSPS) is 11.2. The number of thiol groups is 2. The molecule has 2 nitrogen and oxygen atoms in total. The van der Waals surface area contributed by atoms with Gasteiger partial charge in [0.15, 0.2) is 23.3 Å². The number of halogens is 4. The van der Waals surface area contributed by atoms with E-state index in [1.54, 1.807) is 0 Å². The lowest BCUT2D eigenvalue weighted by molar-refractivity contribution is 0.494. The molecule has 2 rings (SSSR count). The maximum absolute atomic E-state index is 13.6. The van der Waals surface area contributed by atoms with Crippen LogP contribution in [0.15, 0.2) is 9.79 Å². The van der Waals surface area contributed by atoms with E-state index in [9.17, 15) is 17.6 Å². The summed E-state index contributed by atoms with van der Waals surface area (Å²) in [5.41, 5.74) is 9.30. The predicted molar refractivity (Wildman–Crippen MR) is 67.1 cm³/mol. The van der Waals surface area contributed by atoms with Gasteiger partial charge in [-0.15, -0.1) is 25.3 Å². The molecule has 0 spiro atoms. The number of anilines is 2. The molecule has 0 saturated carbocycles. The van der Waals surface area contributed by atoms with Gasteiger partial charge in [0.2, 0.25) is 0 Å². The zero-order valence-corrected chi connectivity index (χ0v) is 10.3. The van der Waals surface area contributed by atoms with E-state index in [2.05, 4.69) is 25.3 Å². The summed E-state index contributed by atoms with van der Waals surface area (Å²) in [5.74, 6) is -6.20. The molecular weight excluding hydrogens is 288 g/mol. The van der Waals surface area contributed by atoms with E-state index in [4.69, 9.17) is 11.5 Å². The van der Waals surface area contributed by atoms with Crippen LogP contribution >= 0.6 is 25.3 Å². The van der Waals surface area contributed by atoms with Gasteiger partial charge >= 0.3 is 0 Å². The zero-order chi connectivity index (χ0) is 13.8. The molecule has 2 aromatic carbocycles. The molecular formula is C10H6F4N2S2. The molecule has 0 unspecified atom stereocenters. The van der Waals surface area contributed by atoms with Gasteiger partial charge in [0.05, 0.1) is 16.8 Å². The molecule has 2 aromatic rings. The van der Waals surface area contributed by atoms with Gasteiger partial charge in [0.25, 0.3) is 0 Å². The topological polar surface area (TPSA) is 52.0 Å². The van der Waals surface area contributed by atoms with Crippen LogP contribution < -0.4 is 11.5 Å². The van der Waals surface area contributed by atoms with Crippen molar-refractivity contribution in [3.05, 3.63) is 23.3 Å². The van der Waals surface area contributed by atoms with Gasteiger partial charge in [-0.2, -0.15) is 0 Å². The molecule has 0 aromatic heterocycles. The Morgan fingerprint density at radius 1 is 0.611 bits per heavy atom. The molecule has 4 N–H and O–H groups in total. The van der Waals surface area contributed by atoms with Crippen LogP contribution in [0, 0.1) is 23.3 Å². The van der Waals surface area contributed by atoms with E-state index >= 15 is 0 Å². The highest BCUT2D eigenvalue weighted by Crippen LogP contribution is 2.41. The lowest BCUT2D eigenvalue weighted by Gasteiger charge is -2.13. The van der Waals surface area contributed by atoms with Crippen molar-refractivity contribution in [1.29, 1.82) is 0 Å². The molecule has 0 aliphatic carbocycles. The fourth-order valence-electron chi connectivity index (χ4n) is 1.60. The SMILES string of the molecule is Nc1c(F)c(F)c2c(F)c(F)c(N)c(S)c2c1S. The van der Waals surface area contributed by atoms with Gasteiger partial charge in [-0.1, -0.05) is 0 Å². The minimum Gasteiger partial charge on any atom is -0.395 e. The fraction of sp³-hybridized carbons (Fsp3) is 0. The Balaban J connectivity index is 3.22. The third kappa shape index (κ3) is 1.52. The summed E-state index contributed by atoms with van der Waals surface area (Å²) in [6.45, 7) is 0. The first-order valence-electron chi connectivity index (χ1n) is 4.53. The van der Waals surface area contributed by atoms with E-state index < -0.39 is 40.0 Å². The molecule has 0 bridgehead atoms. The highest BCUT2D eigenvalue weighted by atomic mass is 32.1. The lowest BCUT2D eigenvalue weighted by atomic mass is 10.1. The second kappa shape index (κ2) is 4.13. The molecule has 0 aliphatic rings. The highest BCUT2D eigenvalue weighted by molar-refractivity contribution is 7.81. The number of fused-ring (bicyclic) bond motifs is 1. The number of hydrogen-bond acceptors (Lipinski definition) is 4. The van der Waals surface area contributed by atoms with Crippen LogP contribution in [-0.4, -0.2) is 0 Å². The number of nitrogens with two attached hydrogens (primary N) is 2. The van der Waals surface area contributed by atoms with Crippen molar-refractivity contribution in [1.82, 2.24) is 0 Å². The Kier molecular flexibility index (Phi) is 3.02. The first kappa shape index (κ1) is 13.2. The highest BCUT2D eigenvalue weighted by Gasteiger charge is 2.25. The van der Waals surface area contributed by atoms with Gasteiger partial charge < -0.3 is 11.5 Å². The molecule has 0 saturated heterocycles. The molecule has 8 heteroatoms. The molecule has 0 atom stereocenters. The van der Waals surface area contributed by atoms with Crippen LogP contribution in [0.1, 0.15) is 0 Å². The van der Waals surface area contributed by atoms with E-state index in [0.29, 0.717) is 0 Å². The molecule has 0 heterocycles. The van der Waals surface area contributed by atoms with Gasteiger partial charge in [0.1, 0.15) is 0 Å². The van der Waals surface area contributed by atoms with Crippen molar-refractivity contribution >= 4 is 47.4 Å².